The van der Waals surface area contributed by atoms with Gasteiger partial charge in [-0.2, -0.15) is 17.5 Å². The normalized spacial score (nSPS) is 16.2. The Hall–Kier alpha value is -2.15. The van der Waals surface area contributed by atoms with Crippen molar-refractivity contribution < 1.29 is 26.4 Å². The van der Waals surface area contributed by atoms with Gasteiger partial charge in [-0.05, 0) is 18.2 Å². The highest BCUT2D eigenvalue weighted by Gasteiger charge is 2.36. The van der Waals surface area contributed by atoms with Gasteiger partial charge in [-0.25, -0.2) is 13.4 Å². The molecule has 1 saturated heterocycles. The summed E-state index contributed by atoms with van der Waals surface area (Å²) in [4.78, 5) is 18.6. The third-order valence-corrected chi connectivity index (χ3v) is 8.09. The van der Waals surface area contributed by atoms with Crippen LogP contribution in [0.25, 0.3) is 4.96 Å². The van der Waals surface area contributed by atoms with Crippen LogP contribution < -0.4 is 0 Å². The summed E-state index contributed by atoms with van der Waals surface area (Å²) >= 11 is 7.35. The van der Waals surface area contributed by atoms with Crippen LogP contribution in [0.4, 0.5) is 13.2 Å². The van der Waals surface area contributed by atoms with Gasteiger partial charge >= 0.3 is 6.18 Å². The minimum absolute atomic E-state index is 0.0427. The quantitative estimate of drug-likeness (QED) is 0.561. The summed E-state index contributed by atoms with van der Waals surface area (Å²) in [5.74, 6) is -0.195. The maximum absolute atomic E-state index is 13.0. The molecule has 2 aromatic heterocycles. The largest absolute Gasteiger partial charge is 0.416 e. The second kappa shape index (κ2) is 8.08. The first kappa shape index (κ1) is 22.1. The van der Waals surface area contributed by atoms with Gasteiger partial charge in [0.25, 0.3) is 0 Å². The van der Waals surface area contributed by atoms with Crippen molar-refractivity contribution in [3.05, 3.63) is 52.3 Å². The summed E-state index contributed by atoms with van der Waals surface area (Å²) in [6.45, 7) is 0.158. The molecule has 0 radical (unpaired) electrons. The molecule has 3 aromatic rings. The highest BCUT2D eigenvalue weighted by Crippen LogP contribution is 2.34. The molecular formula is C18H16ClF3N4O3S2. The number of carbonyl (C=O) groups is 1. The Morgan fingerprint density at radius 2 is 1.90 bits per heavy atom. The second-order valence-corrected chi connectivity index (χ2v) is 10.1. The zero-order chi connectivity index (χ0) is 22.4. The summed E-state index contributed by atoms with van der Waals surface area (Å²) in [5, 5.41) is 1.59. The number of rotatable bonds is 4. The molecular weight excluding hydrogens is 477 g/mol. The number of sulfonamides is 1. The van der Waals surface area contributed by atoms with E-state index in [9.17, 15) is 26.4 Å². The number of carbonyl (C=O) groups excluding carboxylic acids is 1. The summed E-state index contributed by atoms with van der Waals surface area (Å²) in [6.07, 6.45) is -1.01. The Bertz CT molecular complexity index is 1200. The van der Waals surface area contributed by atoms with Crippen molar-refractivity contribution in [3.63, 3.8) is 0 Å². The van der Waals surface area contributed by atoms with Crippen LogP contribution in [0.2, 0.25) is 5.02 Å². The van der Waals surface area contributed by atoms with Gasteiger partial charge in [-0.1, -0.05) is 11.6 Å². The van der Waals surface area contributed by atoms with E-state index in [1.807, 2.05) is 16.0 Å². The Morgan fingerprint density at radius 3 is 2.55 bits per heavy atom. The van der Waals surface area contributed by atoms with Crippen LogP contribution in [0.15, 0.2) is 40.9 Å². The standard InChI is InChI=1S/C18H16ClF3N4O3S2/c19-14-2-1-12(18(20,21)22)9-15(14)31(28,29)26-5-3-24(4-6-26)16(27)10-13-11-25-7-8-30-17(25)23-13/h1-2,7-9,11H,3-6,10H2. The Balaban J connectivity index is 1.44. The van der Waals surface area contributed by atoms with Crippen molar-refractivity contribution in [2.24, 2.45) is 0 Å². The molecule has 0 N–H and O–H groups in total. The smallest absolute Gasteiger partial charge is 0.340 e. The van der Waals surface area contributed by atoms with E-state index in [0.717, 1.165) is 21.4 Å². The van der Waals surface area contributed by atoms with Crippen LogP contribution in [0.1, 0.15) is 11.3 Å². The lowest BCUT2D eigenvalue weighted by Gasteiger charge is -2.34. The topological polar surface area (TPSA) is 75.0 Å². The van der Waals surface area contributed by atoms with Crippen molar-refractivity contribution in [2.45, 2.75) is 17.5 Å². The Labute approximate surface area is 184 Å². The van der Waals surface area contributed by atoms with Gasteiger partial charge in [0.2, 0.25) is 15.9 Å². The van der Waals surface area contributed by atoms with Crippen LogP contribution in [-0.4, -0.2) is 59.1 Å². The third kappa shape index (κ3) is 4.43. The van der Waals surface area contributed by atoms with Crippen LogP contribution in [-0.2, 0) is 27.4 Å². The number of halogens is 4. The molecule has 0 bridgehead atoms. The van der Waals surface area contributed by atoms with Gasteiger partial charge < -0.3 is 4.90 Å². The maximum Gasteiger partial charge on any atom is 0.416 e. The minimum atomic E-state index is -4.69. The van der Waals surface area contributed by atoms with Gasteiger partial charge in [0.05, 0.1) is 22.7 Å². The lowest BCUT2D eigenvalue weighted by atomic mass is 10.2. The number of imidazole rings is 1. The van der Waals surface area contributed by atoms with Crippen molar-refractivity contribution >= 4 is 43.8 Å². The SMILES string of the molecule is O=C(Cc1cn2ccsc2n1)N1CCN(S(=O)(=O)c2cc(C(F)(F)F)ccc2Cl)CC1. The fraction of sp³-hybridized carbons (Fsp3) is 0.333. The molecule has 166 valence electrons. The number of piperazine rings is 1. The number of fused-ring (bicyclic) bond motifs is 1. The molecule has 1 aromatic carbocycles. The van der Waals surface area contributed by atoms with E-state index in [-0.39, 0.29) is 43.5 Å². The van der Waals surface area contributed by atoms with E-state index in [1.165, 1.54) is 16.2 Å². The number of hydrogen-bond donors (Lipinski definition) is 0. The van der Waals surface area contributed by atoms with Gasteiger partial charge in [0, 0.05) is 44.0 Å². The number of benzene rings is 1. The van der Waals surface area contributed by atoms with E-state index in [4.69, 9.17) is 11.6 Å². The van der Waals surface area contributed by atoms with E-state index in [1.54, 1.807) is 6.20 Å². The van der Waals surface area contributed by atoms with Gasteiger partial charge in [0.1, 0.15) is 4.90 Å². The molecule has 0 saturated carbocycles. The lowest BCUT2D eigenvalue weighted by Crippen LogP contribution is -2.50. The van der Waals surface area contributed by atoms with Crippen LogP contribution in [0.3, 0.4) is 0 Å². The van der Waals surface area contributed by atoms with Crippen LogP contribution >= 0.6 is 22.9 Å². The number of aromatic nitrogens is 2. The molecule has 3 heterocycles. The zero-order valence-corrected chi connectivity index (χ0v) is 18.2. The average Bonchev–Trinajstić information content (AvgIpc) is 3.29. The minimum Gasteiger partial charge on any atom is -0.340 e. The van der Waals surface area contributed by atoms with E-state index in [0.29, 0.717) is 11.8 Å². The third-order valence-electron chi connectivity index (χ3n) is 4.94. The summed E-state index contributed by atoms with van der Waals surface area (Å²) in [7, 11) is -4.24. The first-order valence-electron chi connectivity index (χ1n) is 9.11. The molecule has 1 aliphatic heterocycles. The predicted molar refractivity (Wildman–Crippen MR) is 109 cm³/mol. The molecule has 1 fully saturated rings. The number of alkyl halides is 3. The molecule has 0 unspecified atom stereocenters. The molecule has 31 heavy (non-hydrogen) atoms. The molecule has 0 atom stereocenters. The van der Waals surface area contributed by atoms with Gasteiger partial charge in [0.15, 0.2) is 4.96 Å². The molecule has 4 rings (SSSR count). The molecule has 1 aliphatic rings. The Morgan fingerprint density at radius 1 is 1.19 bits per heavy atom. The monoisotopic (exact) mass is 492 g/mol. The Kier molecular flexibility index (Phi) is 5.75. The fourth-order valence-electron chi connectivity index (χ4n) is 3.32. The lowest BCUT2D eigenvalue weighted by molar-refractivity contribution is -0.137. The van der Waals surface area contributed by atoms with Crippen molar-refractivity contribution in [1.29, 1.82) is 0 Å². The average molecular weight is 493 g/mol. The highest BCUT2D eigenvalue weighted by molar-refractivity contribution is 7.89. The first-order chi connectivity index (χ1) is 14.6. The van der Waals surface area contributed by atoms with Gasteiger partial charge in [-0.3, -0.25) is 9.20 Å². The first-order valence-corrected chi connectivity index (χ1v) is 11.8. The second-order valence-electron chi connectivity index (χ2n) is 6.93. The van der Waals surface area contributed by atoms with E-state index < -0.39 is 26.7 Å². The summed E-state index contributed by atoms with van der Waals surface area (Å²) < 4.78 is 67.6. The predicted octanol–water partition coefficient (Wildman–Crippen LogP) is 3.14. The number of hydrogen-bond acceptors (Lipinski definition) is 5. The van der Waals surface area contributed by atoms with Crippen molar-refractivity contribution in [2.75, 3.05) is 26.2 Å². The van der Waals surface area contributed by atoms with Crippen molar-refractivity contribution in [1.82, 2.24) is 18.6 Å². The van der Waals surface area contributed by atoms with Crippen molar-refractivity contribution in [3.8, 4) is 0 Å². The van der Waals surface area contributed by atoms with Crippen LogP contribution in [0.5, 0.6) is 0 Å². The molecule has 1 amide bonds. The number of amides is 1. The molecule has 0 aliphatic carbocycles. The highest BCUT2D eigenvalue weighted by atomic mass is 35.5. The molecule has 0 spiro atoms. The molecule has 7 nitrogen and oxygen atoms in total. The van der Waals surface area contributed by atoms with E-state index >= 15 is 0 Å². The number of thiazole rings is 1. The van der Waals surface area contributed by atoms with E-state index in [2.05, 4.69) is 4.98 Å². The maximum atomic E-state index is 13.0. The van der Waals surface area contributed by atoms with Gasteiger partial charge in [-0.15, -0.1) is 11.3 Å². The number of nitrogens with zero attached hydrogens (tertiary/aromatic N) is 4. The zero-order valence-electron chi connectivity index (χ0n) is 15.8. The fourth-order valence-corrected chi connectivity index (χ4v) is 5.96. The summed E-state index contributed by atoms with van der Waals surface area (Å²) in [5.41, 5.74) is -0.480. The van der Waals surface area contributed by atoms with Crippen LogP contribution in [0, 0.1) is 0 Å². The molecule has 13 heteroatoms. The summed E-state index contributed by atoms with van der Waals surface area (Å²) in [6, 6.07) is 2.20.